The Morgan fingerprint density at radius 3 is 2.94 bits per heavy atom. The monoisotopic (exact) mass is 311 g/mol. The summed E-state index contributed by atoms with van der Waals surface area (Å²) in [6.45, 7) is 5.26. The van der Waals surface area contributed by atoms with E-state index in [-0.39, 0.29) is 0 Å². The average molecular weight is 312 g/mol. The summed E-state index contributed by atoms with van der Waals surface area (Å²) < 4.78 is 5.40. The van der Waals surface area contributed by atoms with Crippen LogP contribution in [-0.2, 0) is 0 Å². The van der Waals surface area contributed by atoms with E-state index in [1.165, 1.54) is 11.5 Å². The smallest absolute Gasteiger partial charge is 0.202 e. The van der Waals surface area contributed by atoms with Crippen LogP contribution in [0.3, 0.4) is 0 Å². The molecule has 0 aliphatic heterocycles. The quantitative estimate of drug-likeness (QED) is 0.926. The Balaban J connectivity index is 2.12. The van der Waals surface area contributed by atoms with E-state index in [0.29, 0.717) is 5.92 Å². The molecule has 17 heavy (non-hydrogen) atoms. The summed E-state index contributed by atoms with van der Waals surface area (Å²) in [5.74, 6) is 1.38. The molecule has 0 radical (unpaired) electrons. The highest BCUT2D eigenvalue weighted by atomic mass is 79.9. The van der Waals surface area contributed by atoms with Crippen LogP contribution in [0, 0.1) is 5.92 Å². The maximum atomic E-state index is 4.47. The highest BCUT2D eigenvalue weighted by Crippen LogP contribution is 2.23. The molecule has 0 bridgehead atoms. The van der Waals surface area contributed by atoms with Crippen LogP contribution in [0.4, 0.5) is 5.13 Å². The van der Waals surface area contributed by atoms with E-state index in [1.807, 2.05) is 24.3 Å². The van der Waals surface area contributed by atoms with Crippen molar-refractivity contribution in [2.24, 2.45) is 5.92 Å². The topological polar surface area (TPSA) is 37.8 Å². The fourth-order valence-corrected chi connectivity index (χ4v) is 2.33. The van der Waals surface area contributed by atoms with Crippen molar-refractivity contribution in [1.82, 2.24) is 9.36 Å². The number of rotatable bonds is 4. The van der Waals surface area contributed by atoms with Crippen molar-refractivity contribution in [1.29, 1.82) is 0 Å². The molecular weight excluding hydrogens is 298 g/mol. The molecule has 1 heterocycles. The summed E-state index contributed by atoms with van der Waals surface area (Å²) in [7, 11) is 0. The standard InChI is InChI=1S/C12H14BrN3S/c1-8(2)7-14-12-15-11(16-17-12)9-4-3-5-10(13)6-9/h3-6,8H,7H2,1-2H3,(H,14,15,16). The number of aromatic nitrogens is 2. The molecule has 0 saturated heterocycles. The SMILES string of the molecule is CC(C)CNc1nc(-c2cccc(Br)c2)ns1. The van der Waals surface area contributed by atoms with Gasteiger partial charge in [-0.1, -0.05) is 41.9 Å². The predicted molar refractivity (Wildman–Crippen MR) is 76.4 cm³/mol. The van der Waals surface area contributed by atoms with Crippen molar-refractivity contribution in [2.45, 2.75) is 13.8 Å². The minimum Gasteiger partial charge on any atom is -0.360 e. The normalized spacial score (nSPS) is 10.8. The van der Waals surface area contributed by atoms with Crippen LogP contribution < -0.4 is 5.32 Å². The molecule has 5 heteroatoms. The van der Waals surface area contributed by atoms with Crippen LogP contribution in [0.2, 0.25) is 0 Å². The maximum Gasteiger partial charge on any atom is 0.202 e. The first-order valence-electron chi connectivity index (χ1n) is 5.48. The molecule has 1 aromatic carbocycles. The van der Waals surface area contributed by atoms with Crippen molar-refractivity contribution < 1.29 is 0 Å². The lowest BCUT2D eigenvalue weighted by molar-refractivity contribution is 0.688. The van der Waals surface area contributed by atoms with Gasteiger partial charge in [0.05, 0.1) is 0 Å². The molecule has 2 rings (SSSR count). The Morgan fingerprint density at radius 1 is 1.41 bits per heavy atom. The second-order valence-corrected chi connectivity index (χ2v) is 5.88. The van der Waals surface area contributed by atoms with Crippen LogP contribution in [0.25, 0.3) is 11.4 Å². The minimum absolute atomic E-state index is 0.605. The Hall–Kier alpha value is -0.940. The summed E-state index contributed by atoms with van der Waals surface area (Å²) in [5.41, 5.74) is 1.04. The van der Waals surface area contributed by atoms with E-state index in [9.17, 15) is 0 Å². The number of nitrogens with zero attached hydrogens (tertiary/aromatic N) is 2. The second kappa shape index (κ2) is 5.60. The first kappa shape index (κ1) is 12.5. The number of hydrogen-bond donors (Lipinski definition) is 1. The van der Waals surface area contributed by atoms with Crippen LogP contribution in [0.1, 0.15) is 13.8 Å². The summed E-state index contributed by atoms with van der Waals surface area (Å²) in [6, 6.07) is 8.02. The van der Waals surface area contributed by atoms with Gasteiger partial charge < -0.3 is 5.32 Å². The highest BCUT2D eigenvalue weighted by molar-refractivity contribution is 9.10. The van der Waals surface area contributed by atoms with Crippen LogP contribution >= 0.6 is 27.5 Å². The van der Waals surface area contributed by atoms with Crippen LogP contribution in [0.15, 0.2) is 28.7 Å². The Morgan fingerprint density at radius 2 is 2.24 bits per heavy atom. The Kier molecular flexibility index (Phi) is 4.12. The third-order valence-corrected chi connectivity index (χ3v) is 3.34. The lowest BCUT2D eigenvalue weighted by Gasteiger charge is -2.03. The van der Waals surface area contributed by atoms with E-state index in [1.54, 1.807) is 0 Å². The molecule has 0 fully saturated rings. The molecular formula is C12H14BrN3S. The lowest BCUT2D eigenvalue weighted by Crippen LogP contribution is -2.07. The largest absolute Gasteiger partial charge is 0.360 e. The second-order valence-electron chi connectivity index (χ2n) is 4.21. The third kappa shape index (κ3) is 3.51. The molecule has 1 aromatic heterocycles. The van der Waals surface area contributed by atoms with Gasteiger partial charge in [-0.15, -0.1) is 0 Å². The van der Waals surface area contributed by atoms with Gasteiger partial charge in [-0.25, -0.2) is 0 Å². The highest BCUT2D eigenvalue weighted by Gasteiger charge is 2.06. The molecule has 2 aromatic rings. The molecule has 0 saturated carbocycles. The summed E-state index contributed by atoms with van der Waals surface area (Å²) in [6.07, 6.45) is 0. The molecule has 90 valence electrons. The average Bonchev–Trinajstić information content (AvgIpc) is 2.75. The summed E-state index contributed by atoms with van der Waals surface area (Å²) >= 11 is 4.85. The van der Waals surface area contributed by atoms with Gasteiger partial charge in [0.15, 0.2) is 5.82 Å². The van der Waals surface area contributed by atoms with Crippen molar-refractivity contribution in [3.8, 4) is 11.4 Å². The predicted octanol–water partition coefficient (Wildman–Crippen LogP) is 4.04. The van der Waals surface area contributed by atoms with E-state index < -0.39 is 0 Å². The van der Waals surface area contributed by atoms with Crippen LogP contribution in [-0.4, -0.2) is 15.9 Å². The van der Waals surface area contributed by atoms with Gasteiger partial charge in [0.2, 0.25) is 5.13 Å². The Bertz CT molecular complexity index is 496. The number of hydrogen-bond acceptors (Lipinski definition) is 4. The van der Waals surface area contributed by atoms with Crippen molar-refractivity contribution >= 4 is 32.6 Å². The van der Waals surface area contributed by atoms with Gasteiger partial charge in [-0.05, 0) is 18.1 Å². The molecule has 0 aliphatic rings. The van der Waals surface area contributed by atoms with E-state index in [2.05, 4.69) is 44.5 Å². The molecule has 0 atom stereocenters. The van der Waals surface area contributed by atoms with E-state index in [0.717, 1.165) is 27.5 Å². The van der Waals surface area contributed by atoms with Crippen molar-refractivity contribution in [3.63, 3.8) is 0 Å². The third-order valence-electron chi connectivity index (χ3n) is 2.17. The van der Waals surface area contributed by atoms with E-state index in [4.69, 9.17) is 0 Å². The molecule has 0 spiro atoms. The minimum atomic E-state index is 0.605. The zero-order valence-electron chi connectivity index (χ0n) is 9.77. The van der Waals surface area contributed by atoms with Gasteiger partial charge in [0.1, 0.15) is 0 Å². The van der Waals surface area contributed by atoms with Gasteiger partial charge in [0.25, 0.3) is 0 Å². The summed E-state index contributed by atoms with van der Waals surface area (Å²) in [5, 5.41) is 4.17. The molecule has 3 nitrogen and oxygen atoms in total. The first-order chi connectivity index (χ1) is 8.15. The maximum absolute atomic E-state index is 4.47. The zero-order chi connectivity index (χ0) is 12.3. The summed E-state index contributed by atoms with van der Waals surface area (Å²) in [4.78, 5) is 4.47. The van der Waals surface area contributed by atoms with Gasteiger partial charge in [0, 0.05) is 28.1 Å². The molecule has 0 amide bonds. The van der Waals surface area contributed by atoms with Crippen molar-refractivity contribution in [3.05, 3.63) is 28.7 Å². The number of benzene rings is 1. The molecule has 1 N–H and O–H groups in total. The van der Waals surface area contributed by atoms with Gasteiger partial charge >= 0.3 is 0 Å². The van der Waals surface area contributed by atoms with Gasteiger partial charge in [-0.2, -0.15) is 9.36 Å². The number of anilines is 1. The fourth-order valence-electron chi connectivity index (χ4n) is 1.33. The lowest BCUT2D eigenvalue weighted by atomic mass is 10.2. The van der Waals surface area contributed by atoms with E-state index >= 15 is 0 Å². The van der Waals surface area contributed by atoms with Crippen molar-refractivity contribution in [2.75, 3.05) is 11.9 Å². The molecule has 0 unspecified atom stereocenters. The van der Waals surface area contributed by atoms with Gasteiger partial charge in [-0.3, -0.25) is 0 Å². The Labute approximate surface area is 114 Å². The fraction of sp³-hybridized carbons (Fsp3) is 0.333. The first-order valence-corrected chi connectivity index (χ1v) is 7.05. The van der Waals surface area contributed by atoms with Crippen LogP contribution in [0.5, 0.6) is 0 Å². The number of halogens is 1. The molecule has 0 aliphatic carbocycles. The zero-order valence-corrected chi connectivity index (χ0v) is 12.2. The number of nitrogens with one attached hydrogen (secondary N) is 1.